The first-order valence-corrected chi connectivity index (χ1v) is 6.79. The molecule has 4 heteroatoms. The molecule has 1 unspecified atom stereocenters. The number of aromatic nitrogens is 1. The van der Waals surface area contributed by atoms with Crippen molar-refractivity contribution < 1.29 is 4.39 Å². The highest BCUT2D eigenvalue weighted by molar-refractivity contribution is 7.12. The van der Waals surface area contributed by atoms with E-state index >= 15 is 0 Å². The summed E-state index contributed by atoms with van der Waals surface area (Å²) < 4.78 is 13.8. The topological polar surface area (TPSA) is 38.9 Å². The summed E-state index contributed by atoms with van der Waals surface area (Å²) in [7, 11) is 0. The number of halogens is 1. The summed E-state index contributed by atoms with van der Waals surface area (Å²) >= 11 is 1.55. The van der Waals surface area contributed by atoms with Crippen LogP contribution in [-0.4, -0.2) is 4.98 Å². The largest absolute Gasteiger partial charge is 0.320 e. The Labute approximate surface area is 111 Å². The zero-order valence-corrected chi connectivity index (χ0v) is 11.6. The normalized spacial score (nSPS) is 14.5. The SMILES string of the molecule is CCC(C)(N)c1nc(-c2ccccc2F)c(C)s1. The second-order valence-corrected chi connectivity index (χ2v) is 5.88. The third-order valence-electron chi connectivity index (χ3n) is 3.15. The van der Waals surface area contributed by atoms with Crippen LogP contribution in [0.4, 0.5) is 4.39 Å². The van der Waals surface area contributed by atoms with Gasteiger partial charge in [0.05, 0.1) is 11.2 Å². The lowest BCUT2D eigenvalue weighted by Gasteiger charge is -2.18. The van der Waals surface area contributed by atoms with Crippen molar-refractivity contribution in [2.75, 3.05) is 0 Å². The van der Waals surface area contributed by atoms with Crippen molar-refractivity contribution in [2.45, 2.75) is 32.7 Å². The Morgan fingerprint density at radius 1 is 1.39 bits per heavy atom. The van der Waals surface area contributed by atoms with Crippen LogP contribution in [0.15, 0.2) is 24.3 Å². The zero-order chi connectivity index (χ0) is 13.3. The number of nitrogens with zero attached hydrogens (tertiary/aromatic N) is 1. The van der Waals surface area contributed by atoms with E-state index in [2.05, 4.69) is 4.98 Å². The number of benzene rings is 1. The first kappa shape index (κ1) is 13.2. The van der Waals surface area contributed by atoms with Crippen LogP contribution in [0.2, 0.25) is 0 Å². The lowest BCUT2D eigenvalue weighted by molar-refractivity contribution is 0.474. The summed E-state index contributed by atoms with van der Waals surface area (Å²) in [5.41, 5.74) is 7.00. The number of aryl methyl sites for hydroxylation is 1. The molecule has 1 aromatic carbocycles. The van der Waals surface area contributed by atoms with Gasteiger partial charge >= 0.3 is 0 Å². The summed E-state index contributed by atoms with van der Waals surface area (Å²) in [5, 5.41) is 0.862. The first-order chi connectivity index (χ1) is 8.45. The van der Waals surface area contributed by atoms with Crippen molar-refractivity contribution in [3.05, 3.63) is 40.0 Å². The minimum absolute atomic E-state index is 0.243. The van der Waals surface area contributed by atoms with Crippen molar-refractivity contribution in [3.63, 3.8) is 0 Å². The van der Waals surface area contributed by atoms with Gasteiger partial charge in [-0.25, -0.2) is 9.37 Å². The van der Waals surface area contributed by atoms with Crippen LogP contribution >= 0.6 is 11.3 Å². The van der Waals surface area contributed by atoms with Gasteiger partial charge in [0.1, 0.15) is 10.8 Å². The molecule has 2 rings (SSSR count). The molecule has 1 heterocycles. The Morgan fingerprint density at radius 3 is 2.67 bits per heavy atom. The molecule has 1 aromatic heterocycles. The molecule has 1 atom stereocenters. The third kappa shape index (κ3) is 2.31. The molecular formula is C14H17FN2S. The average Bonchev–Trinajstić information content (AvgIpc) is 2.73. The van der Waals surface area contributed by atoms with Gasteiger partial charge in [-0.1, -0.05) is 19.1 Å². The van der Waals surface area contributed by atoms with Gasteiger partial charge in [0, 0.05) is 10.4 Å². The number of nitrogens with two attached hydrogens (primary N) is 1. The Balaban J connectivity index is 2.52. The summed E-state index contributed by atoms with van der Waals surface area (Å²) in [6.07, 6.45) is 0.802. The van der Waals surface area contributed by atoms with Crippen molar-refractivity contribution in [1.82, 2.24) is 4.98 Å². The van der Waals surface area contributed by atoms with Gasteiger partial charge in [-0.2, -0.15) is 0 Å². The highest BCUT2D eigenvalue weighted by Crippen LogP contribution is 2.34. The standard InChI is InChI=1S/C14H17FN2S/c1-4-14(3,16)13-17-12(9(2)18-13)10-7-5-6-8-11(10)15/h5-8H,4,16H2,1-3H3. The van der Waals surface area contributed by atoms with E-state index in [-0.39, 0.29) is 5.82 Å². The van der Waals surface area contributed by atoms with E-state index in [0.717, 1.165) is 16.3 Å². The molecule has 0 aliphatic heterocycles. The van der Waals surface area contributed by atoms with E-state index in [1.807, 2.05) is 26.8 Å². The highest BCUT2D eigenvalue weighted by atomic mass is 32.1. The summed E-state index contributed by atoms with van der Waals surface area (Å²) in [4.78, 5) is 5.54. The predicted molar refractivity (Wildman–Crippen MR) is 74.1 cm³/mol. The van der Waals surface area contributed by atoms with Gasteiger partial charge < -0.3 is 5.73 Å². The molecule has 0 aliphatic rings. The molecule has 2 nitrogen and oxygen atoms in total. The monoisotopic (exact) mass is 264 g/mol. The van der Waals surface area contributed by atoms with Gasteiger partial charge in [-0.3, -0.25) is 0 Å². The Kier molecular flexibility index (Phi) is 3.50. The number of rotatable bonds is 3. The van der Waals surface area contributed by atoms with Crippen molar-refractivity contribution in [1.29, 1.82) is 0 Å². The number of hydrogen-bond donors (Lipinski definition) is 1. The van der Waals surface area contributed by atoms with Crippen molar-refractivity contribution >= 4 is 11.3 Å². The van der Waals surface area contributed by atoms with E-state index in [1.54, 1.807) is 23.5 Å². The fourth-order valence-corrected chi connectivity index (χ4v) is 2.75. The summed E-state index contributed by atoms with van der Waals surface area (Å²) in [6.45, 7) is 5.94. The maximum atomic E-state index is 13.8. The average molecular weight is 264 g/mol. The van der Waals surface area contributed by atoms with Crippen LogP contribution in [0.1, 0.15) is 30.2 Å². The summed E-state index contributed by atoms with van der Waals surface area (Å²) in [6, 6.07) is 6.70. The molecule has 0 saturated heterocycles. The fourth-order valence-electron chi connectivity index (χ4n) is 1.70. The molecule has 2 N–H and O–H groups in total. The first-order valence-electron chi connectivity index (χ1n) is 5.97. The molecule has 0 saturated carbocycles. The third-order valence-corrected chi connectivity index (χ3v) is 4.40. The molecule has 0 amide bonds. The van der Waals surface area contributed by atoms with Crippen LogP contribution < -0.4 is 5.73 Å². The van der Waals surface area contributed by atoms with Crippen LogP contribution in [0.25, 0.3) is 11.3 Å². The van der Waals surface area contributed by atoms with E-state index < -0.39 is 5.54 Å². The van der Waals surface area contributed by atoms with E-state index in [9.17, 15) is 4.39 Å². The minimum atomic E-state index is -0.446. The number of hydrogen-bond acceptors (Lipinski definition) is 3. The predicted octanol–water partition coefficient (Wildman–Crippen LogP) is 3.84. The Morgan fingerprint density at radius 2 is 2.06 bits per heavy atom. The van der Waals surface area contributed by atoms with Crippen LogP contribution in [0.5, 0.6) is 0 Å². The maximum absolute atomic E-state index is 13.8. The van der Waals surface area contributed by atoms with Gasteiger partial charge in [-0.05, 0) is 32.4 Å². The maximum Gasteiger partial charge on any atom is 0.132 e. The second kappa shape index (κ2) is 4.78. The Bertz CT molecular complexity index is 561. The molecule has 96 valence electrons. The van der Waals surface area contributed by atoms with Gasteiger partial charge in [0.15, 0.2) is 0 Å². The van der Waals surface area contributed by atoms with Gasteiger partial charge in [0.25, 0.3) is 0 Å². The van der Waals surface area contributed by atoms with Crippen molar-refractivity contribution in [2.24, 2.45) is 5.73 Å². The van der Waals surface area contributed by atoms with E-state index in [0.29, 0.717) is 11.3 Å². The minimum Gasteiger partial charge on any atom is -0.320 e. The van der Waals surface area contributed by atoms with Crippen LogP contribution in [0.3, 0.4) is 0 Å². The molecule has 0 bridgehead atoms. The second-order valence-electron chi connectivity index (χ2n) is 4.67. The molecule has 0 radical (unpaired) electrons. The highest BCUT2D eigenvalue weighted by Gasteiger charge is 2.25. The van der Waals surface area contributed by atoms with Crippen LogP contribution in [-0.2, 0) is 5.54 Å². The van der Waals surface area contributed by atoms with E-state index in [1.165, 1.54) is 6.07 Å². The zero-order valence-electron chi connectivity index (χ0n) is 10.8. The molecule has 2 aromatic rings. The molecule has 0 fully saturated rings. The molecular weight excluding hydrogens is 247 g/mol. The molecule has 0 aliphatic carbocycles. The number of thiazole rings is 1. The Hall–Kier alpha value is -1.26. The lowest BCUT2D eigenvalue weighted by Crippen LogP contribution is -2.31. The quantitative estimate of drug-likeness (QED) is 0.914. The van der Waals surface area contributed by atoms with Crippen molar-refractivity contribution in [3.8, 4) is 11.3 Å². The lowest BCUT2D eigenvalue weighted by atomic mass is 10.0. The van der Waals surface area contributed by atoms with Gasteiger partial charge in [-0.15, -0.1) is 11.3 Å². The van der Waals surface area contributed by atoms with E-state index in [4.69, 9.17) is 5.73 Å². The van der Waals surface area contributed by atoms with Gasteiger partial charge in [0.2, 0.25) is 0 Å². The summed E-state index contributed by atoms with van der Waals surface area (Å²) in [5.74, 6) is -0.243. The fraction of sp³-hybridized carbons (Fsp3) is 0.357. The smallest absolute Gasteiger partial charge is 0.132 e. The molecule has 18 heavy (non-hydrogen) atoms. The van der Waals surface area contributed by atoms with Crippen LogP contribution in [0, 0.1) is 12.7 Å². The molecule has 0 spiro atoms.